The largest absolute Gasteiger partial charge is 0.351 e. The van der Waals surface area contributed by atoms with E-state index in [-0.39, 0.29) is 17.7 Å². The van der Waals surface area contributed by atoms with Crippen molar-refractivity contribution in [3.63, 3.8) is 0 Å². The number of hydrogen-bond acceptors (Lipinski definition) is 4. The number of aryl methyl sites for hydroxylation is 1. The molecule has 1 saturated heterocycles. The van der Waals surface area contributed by atoms with Gasteiger partial charge in [0.05, 0.1) is 18.4 Å². The number of amides is 2. The molecule has 2 amide bonds. The van der Waals surface area contributed by atoms with E-state index in [0.717, 1.165) is 30.9 Å². The van der Waals surface area contributed by atoms with Crippen molar-refractivity contribution in [3.05, 3.63) is 35.7 Å². The summed E-state index contributed by atoms with van der Waals surface area (Å²) in [5.74, 6) is 0.957. The summed E-state index contributed by atoms with van der Waals surface area (Å²) in [4.78, 5) is 33.1. The molecule has 2 aromatic heterocycles. The molecule has 8 heteroatoms. The fraction of sp³-hybridized carbons (Fsp3) is 0.529. The lowest BCUT2D eigenvalue weighted by Gasteiger charge is -2.14. The zero-order valence-corrected chi connectivity index (χ0v) is 14.7. The van der Waals surface area contributed by atoms with Crippen LogP contribution in [0.25, 0.3) is 0 Å². The van der Waals surface area contributed by atoms with Crippen LogP contribution in [-0.4, -0.2) is 49.6 Å². The quantitative estimate of drug-likeness (QED) is 0.825. The van der Waals surface area contributed by atoms with Gasteiger partial charge in [0, 0.05) is 38.7 Å². The molecule has 1 aliphatic rings. The highest BCUT2D eigenvalue weighted by Crippen LogP contribution is 2.26. The predicted molar refractivity (Wildman–Crippen MR) is 91.9 cm³/mol. The first-order valence-electron chi connectivity index (χ1n) is 8.67. The van der Waals surface area contributed by atoms with Crippen LogP contribution in [0.1, 0.15) is 54.6 Å². The number of likely N-dealkylation sites (tertiary alicyclic amines) is 1. The maximum Gasteiger partial charge on any atom is 0.274 e. The Morgan fingerprint density at radius 2 is 2.28 bits per heavy atom. The molecule has 1 aliphatic heterocycles. The van der Waals surface area contributed by atoms with Crippen molar-refractivity contribution in [1.82, 2.24) is 30.0 Å². The zero-order valence-electron chi connectivity index (χ0n) is 14.7. The number of imidazole rings is 1. The van der Waals surface area contributed by atoms with E-state index in [2.05, 4.69) is 27.3 Å². The molecule has 0 unspecified atom stereocenters. The van der Waals surface area contributed by atoms with Crippen LogP contribution in [0.5, 0.6) is 0 Å². The average molecular weight is 344 g/mol. The van der Waals surface area contributed by atoms with Crippen molar-refractivity contribution in [2.45, 2.75) is 45.7 Å². The molecule has 8 nitrogen and oxygen atoms in total. The van der Waals surface area contributed by atoms with E-state index >= 15 is 0 Å². The highest BCUT2D eigenvalue weighted by atomic mass is 16.2. The summed E-state index contributed by atoms with van der Waals surface area (Å²) in [5.41, 5.74) is 1.37. The first-order valence-corrected chi connectivity index (χ1v) is 8.67. The van der Waals surface area contributed by atoms with Crippen molar-refractivity contribution >= 4 is 11.8 Å². The van der Waals surface area contributed by atoms with E-state index < -0.39 is 0 Å². The molecule has 1 atom stereocenters. The number of rotatable bonds is 6. The van der Waals surface area contributed by atoms with Gasteiger partial charge in [-0.2, -0.15) is 5.10 Å². The third-order valence-corrected chi connectivity index (χ3v) is 4.35. The molecule has 2 N–H and O–H groups in total. The first kappa shape index (κ1) is 17.2. The molecule has 0 bridgehead atoms. The minimum absolute atomic E-state index is 0.0256. The average Bonchev–Trinajstić information content (AvgIpc) is 3.32. The van der Waals surface area contributed by atoms with E-state index in [9.17, 15) is 9.59 Å². The van der Waals surface area contributed by atoms with Crippen LogP contribution in [0, 0.1) is 0 Å². The Labute approximate surface area is 146 Å². The molecule has 0 saturated carbocycles. The van der Waals surface area contributed by atoms with Gasteiger partial charge in [0.25, 0.3) is 5.91 Å². The monoisotopic (exact) mass is 344 g/mol. The van der Waals surface area contributed by atoms with Crippen molar-refractivity contribution < 1.29 is 9.59 Å². The van der Waals surface area contributed by atoms with Crippen LogP contribution in [-0.2, 0) is 17.9 Å². The van der Waals surface area contributed by atoms with E-state index in [1.807, 2.05) is 15.8 Å². The van der Waals surface area contributed by atoms with Gasteiger partial charge in [0.2, 0.25) is 5.91 Å². The lowest BCUT2D eigenvalue weighted by atomic mass is 10.1. The number of H-pyrrole nitrogens is 1. The number of carbonyl (C=O) groups excluding carboxylic acids is 2. The number of hydrogen-bond donors (Lipinski definition) is 2. The highest BCUT2D eigenvalue weighted by molar-refractivity contribution is 5.92. The smallest absolute Gasteiger partial charge is 0.274 e. The van der Waals surface area contributed by atoms with Gasteiger partial charge in [-0.05, 0) is 18.9 Å². The summed E-state index contributed by atoms with van der Waals surface area (Å²) in [6.07, 6.45) is 5.45. The number of nitrogens with zero attached hydrogens (tertiary/aromatic N) is 4. The second-order valence-corrected chi connectivity index (χ2v) is 6.40. The van der Waals surface area contributed by atoms with Gasteiger partial charge in [0.1, 0.15) is 11.5 Å². The minimum Gasteiger partial charge on any atom is -0.351 e. The van der Waals surface area contributed by atoms with E-state index in [1.165, 1.54) is 6.92 Å². The third kappa shape index (κ3) is 4.07. The van der Waals surface area contributed by atoms with Crippen molar-refractivity contribution in [2.24, 2.45) is 0 Å². The SMILES string of the molecule is CCCn1ccc(C(=O)N2CC[C@@H](c3ncc(CNC(C)=O)[nH]3)C2)n1. The van der Waals surface area contributed by atoms with Crippen LogP contribution in [0.4, 0.5) is 0 Å². The Balaban J connectivity index is 1.59. The summed E-state index contributed by atoms with van der Waals surface area (Å²) in [6, 6.07) is 1.78. The lowest BCUT2D eigenvalue weighted by Crippen LogP contribution is -2.29. The number of carbonyl (C=O) groups is 2. The van der Waals surface area contributed by atoms with Crippen molar-refractivity contribution in [1.29, 1.82) is 0 Å². The molecule has 0 spiro atoms. The molecule has 1 fully saturated rings. The third-order valence-electron chi connectivity index (χ3n) is 4.35. The molecular weight excluding hydrogens is 320 g/mol. The molecule has 25 heavy (non-hydrogen) atoms. The predicted octanol–water partition coefficient (Wildman–Crippen LogP) is 1.28. The Hall–Kier alpha value is -2.64. The van der Waals surface area contributed by atoms with Crippen molar-refractivity contribution in [3.8, 4) is 0 Å². The number of aromatic nitrogens is 4. The Morgan fingerprint density at radius 3 is 3.04 bits per heavy atom. The first-order chi connectivity index (χ1) is 12.1. The second-order valence-electron chi connectivity index (χ2n) is 6.40. The van der Waals surface area contributed by atoms with Gasteiger partial charge in [-0.3, -0.25) is 14.3 Å². The van der Waals surface area contributed by atoms with E-state index in [1.54, 1.807) is 12.3 Å². The van der Waals surface area contributed by atoms with Gasteiger partial charge < -0.3 is 15.2 Å². The molecule has 3 rings (SSSR count). The van der Waals surface area contributed by atoms with Crippen LogP contribution in [0.15, 0.2) is 18.5 Å². The van der Waals surface area contributed by atoms with Gasteiger partial charge in [0.15, 0.2) is 0 Å². The summed E-state index contributed by atoms with van der Waals surface area (Å²) < 4.78 is 1.81. The standard InChI is InChI=1S/C17H24N6O2/c1-3-6-23-8-5-15(21-23)17(25)22-7-4-13(11-22)16-19-10-14(20-16)9-18-12(2)24/h5,8,10,13H,3-4,6-7,9,11H2,1-2H3,(H,18,24)(H,19,20)/t13-/m1/s1. The van der Waals surface area contributed by atoms with Crippen LogP contribution in [0.2, 0.25) is 0 Å². The Morgan fingerprint density at radius 1 is 1.44 bits per heavy atom. The second kappa shape index (κ2) is 7.50. The summed E-state index contributed by atoms with van der Waals surface area (Å²) in [6.45, 7) is 6.15. The zero-order chi connectivity index (χ0) is 17.8. The topological polar surface area (TPSA) is 95.9 Å². The van der Waals surface area contributed by atoms with Gasteiger partial charge >= 0.3 is 0 Å². The summed E-state index contributed by atoms with van der Waals surface area (Å²) >= 11 is 0. The van der Waals surface area contributed by atoms with Gasteiger partial charge in [-0.25, -0.2) is 4.98 Å². The molecule has 0 aromatic carbocycles. The Bertz CT molecular complexity index is 750. The fourth-order valence-electron chi connectivity index (χ4n) is 3.05. The van der Waals surface area contributed by atoms with E-state index in [4.69, 9.17) is 0 Å². The van der Waals surface area contributed by atoms with Crippen molar-refractivity contribution in [2.75, 3.05) is 13.1 Å². The van der Waals surface area contributed by atoms with Crippen LogP contribution in [0.3, 0.4) is 0 Å². The minimum atomic E-state index is -0.0729. The molecule has 3 heterocycles. The number of aromatic amines is 1. The molecular formula is C17H24N6O2. The maximum atomic E-state index is 12.6. The van der Waals surface area contributed by atoms with Crippen LogP contribution < -0.4 is 5.32 Å². The maximum absolute atomic E-state index is 12.6. The van der Waals surface area contributed by atoms with Gasteiger partial charge in [-0.1, -0.05) is 6.92 Å². The highest BCUT2D eigenvalue weighted by Gasteiger charge is 2.30. The normalized spacial score (nSPS) is 17.0. The van der Waals surface area contributed by atoms with Gasteiger partial charge in [-0.15, -0.1) is 0 Å². The lowest BCUT2D eigenvalue weighted by molar-refractivity contribution is -0.119. The number of nitrogens with one attached hydrogen (secondary N) is 2. The molecule has 134 valence electrons. The van der Waals surface area contributed by atoms with Crippen LogP contribution >= 0.6 is 0 Å². The Kier molecular flexibility index (Phi) is 5.16. The molecule has 0 aliphatic carbocycles. The van der Waals surface area contributed by atoms with E-state index in [0.29, 0.717) is 25.3 Å². The summed E-state index contributed by atoms with van der Waals surface area (Å²) in [7, 11) is 0. The fourth-order valence-corrected chi connectivity index (χ4v) is 3.05. The molecule has 0 radical (unpaired) electrons. The summed E-state index contributed by atoms with van der Waals surface area (Å²) in [5, 5.41) is 7.09. The molecule has 2 aromatic rings.